The van der Waals surface area contributed by atoms with Gasteiger partial charge in [-0.1, -0.05) is 12.1 Å². The molecule has 0 aliphatic heterocycles. The van der Waals surface area contributed by atoms with Gasteiger partial charge in [-0.05, 0) is 42.5 Å². The number of esters is 1. The number of methoxy groups -OCH3 is 2. The lowest BCUT2D eigenvalue weighted by molar-refractivity contribution is 0.0596. The third-order valence-electron chi connectivity index (χ3n) is 3.36. The minimum absolute atomic E-state index is 0.246. The van der Waals surface area contributed by atoms with Crippen LogP contribution in [0.15, 0.2) is 35.2 Å². The molecular formula is C17H20N2O3S. The zero-order valence-electron chi connectivity index (χ0n) is 13.7. The van der Waals surface area contributed by atoms with Gasteiger partial charge in [0.1, 0.15) is 11.4 Å². The molecule has 0 unspecified atom stereocenters. The Kier molecular flexibility index (Phi) is 5.87. The van der Waals surface area contributed by atoms with Gasteiger partial charge in [0.2, 0.25) is 5.88 Å². The summed E-state index contributed by atoms with van der Waals surface area (Å²) < 4.78 is 9.87. The molecule has 0 saturated carbocycles. The largest absolute Gasteiger partial charge is 0.480 e. The molecule has 0 atom stereocenters. The van der Waals surface area contributed by atoms with Gasteiger partial charge in [0.25, 0.3) is 0 Å². The van der Waals surface area contributed by atoms with Crippen molar-refractivity contribution in [1.29, 1.82) is 0 Å². The van der Waals surface area contributed by atoms with Crippen LogP contribution in [-0.4, -0.2) is 31.4 Å². The van der Waals surface area contributed by atoms with E-state index in [1.165, 1.54) is 30.2 Å². The maximum atomic E-state index is 11.6. The van der Waals surface area contributed by atoms with Crippen LogP contribution in [0, 0.1) is 6.92 Å². The molecule has 6 heteroatoms. The summed E-state index contributed by atoms with van der Waals surface area (Å²) in [6, 6.07) is 9.74. The molecule has 0 fully saturated rings. The molecule has 1 heterocycles. The number of benzene rings is 1. The molecular weight excluding hydrogens is 312 g/mol. The second-order valence-corrected chi connectivity index (χ2v) is 5.76. The molecule has 0 aliphatic rings. The molecule has 1 N–H and O–H groups in total. The van der Waals surface area contributed by atoms with Crippen molar-refractivity contribution in [2.45, 2.75) is 18.4 Å². The van der Waals surface area contributed by atoms with Crippen LogP contribution in [0.4, 0.5) is 5.82 Å². The van der Waals surface area contributed by atoms with Gasteiger partial charge in [-0.3, -0.25) is 0 Å². The first-order chi connectivity index (χ1) is 11.1. The summed E-state index contributed by atoms with van der Waals surface area (Å²) in [6.07, 6.45) is 2.06. The first-order valence-electron chi connectivity index (χ1n) is 7.09. The molecule has 5 nitrogen and oxygen atoms in total. The van der Waals surface area contributed by atoms with Crippen LogP contribution in [0.5, 0.6) is 5.88 Å². The molecule has 0 saturated heterocycles. The number of rotatable bonds is 6. The Morgan fingerprint density at radius 3 is 2.70 bits per heavy atom. The third kappa shape index (κ3) is 4.16. The Morgan fingerprint density at radius 1 is 1.26 bits per heavy atom. The predicted octanol–water partition coefficient (Wildman–Crippen LogP) is 3.52. The minimum Gasteiger partial charge on any atom is -0.480 e. The van der Waals surface area contributed by atoms with Crippen LogP contribution in [0.1, 0.15) is 21.5 Å². The highest BCUT2D eigenvalue weighted by Gasteiger charge is 2.14. The van der Waals surface area contributed by atoms with Crippen molar-refractivity contribution in [1.82, 2.24) is 4.98 Å². The topological polar surface area (TPSA) is 60.5 Å². The monoisotopic (exact) mass is 332 g/mol. The van der Waals surface area contributed by atoms with Crippen LogP contribution in [0.25, 0.3) is 0 Å². The molecule has 0 spiro atoms. The van der Waals surface area contributed by atoms with Crippen molar-refractivity contribution >= 4 is 23.5 Å². The quantitative estimate of drug-likeness (QED) is 0.645. The highest BCUT2D eigenvalue weighted by Crippen LogP contribution is 2.24. The van der Waals surface area contributed by atoms with E-state index >= 15 is 0 Å². The van der Waals surface area contributed by atoms with Crippen LogP contribution in [0.3, 0.4) is 0 Å². The zero-order valence-corrected chi connectivity index (χ0v) is 14.5. The summed E-state index contributed by atoms with van der Waals surface area (Å²) in [5.74, 6) is 0.419. The molecule has 1 aromatic heterocycles. The maximum absolute atomic E-state index is 11.6. The summed E-state index contributed by atoms with van der Waals surface area (Å²) in [6.45, 7) is 2.72. The van der Waals surface area contributed by atoms with E-state index in [1.807, 2.05) is 0 Å². The summed E-state index contributed by atoms with van der Waals surface area (Å²) in [5.41, 5.74) is 2.74. The van der Waals surface area contributed by atoms with Gasteiger partial charge < -0.3 is 14.8 Å². The minimum atomic E-state index is -0.468. The number of carbonyl (C=O) groups excluding carboxylic acids is 1. The van der Waals surface area contributed by atoms with Gasteiger partial charge in [0.15, 0.2) is 0 Å². The molecule has 122 valence electrons. The highest BCUT2D eigenvalue weighted by molar-refractivity contribution is 7.98. The lowest BCUT2D eigenvalue weighted by Crippen LogP contribution is -2.08. The normalized spacial score (nSPS) is 10.3. The number of aryl methyl sites for hydroxylation is 1. The van der Waals surface area contributed by atoms with Crippen molar-refractivity contribution < 1.29 is 14.3 Å². The number of anilines is 1. The number of hydrogen-bond acceptors (Lipinski definition) is 6. The summed E-state index contributed by atoms with van der Waals surface area (Å²) >= 11 is 1.72. The lowest BCUT2D eigenvalue weighted by Gasteiger charge is -2.12. The van der Waals surface area contributed by atoms with Gasteiger partial charge in [0, 0.05) is 11.4 Å². The van der Waals surface area contributed by atoms with Gasteiger partial charge in [-0.15, -0.1) is 11.8 Å². The number of nitrogens with one attached hydrogen (secondary N) is 1. The third-order valence-corrected chi connectivity index (χ3v) is 4.18. The molecule has 2 rings (SSSR count). The average Bonchev–Trinajstić information content (AvgIpc) is 2.59. The van der Waals surface area contributed by atoms with E-state index in [0.717, 1.165) is 0 Å². The van der Waals surface area contributed by atoms with E-state index in [9.17, 15) is 4.79 Å². The number of thioether (sulfide) groups is 1. The van der Waals surface area contributed by atoms with E-state index in [1.54, 1.807) is 23.9 Å². The second kappa shape index (κ2) is 7.87. The highest BCUT2D eigenvalue weighted by atomic mass is 32.2. The zero-order chi connectivity index (χ0) is 16.8. The number of pyridine rings is 1. The summed E-state index contributed by atoms with van der Waals surface area (Å²) in [5, 5.41) is 3.26. The van der Waals surface area contributed by atoms with E-state index in [2.05, 4.69) is 41.7 Å². The van der Waals surface area contributed by atoms with E-state index < -0.39 is 5.97 Å². The fraction of sp³-hybridized carbons (Fsp3) is 0.294. The maximum Gasteiger partial charge on any atom is 0.343 e. The van der Waals surface area contributed by atoms with E-state index in [4.69, 9.17) is 9.47 Å². The molecule has 0 radical (unpaired) electrons. The fourth-order valence-electron chi connectivity index (χ4n) is 2.14. The fourth-order valence-corrected chi connectivity index (χ4v) is 2.85. The molecule has 0 bridgehead atoms. The van der Waals surface area contributed by atoms with Crippen LogP contribution >= 0.6 is 11.8 Å². The first-order valence-corrected chi connectivity index (χ1v) is 8.32. The molecule has 23 heavy (non-hydrogen) atoms. The molecule has 0 amide bonds. The number of hydrogen-bond donors (Lipinski definition) is 1. The number of aromatic nitrogens is 1. The van der Waals surface area contributed by atoms with Crippen LogP contribution in [-0.2, 0) is 11.3 Å². The SMILES string of the molecule is COC(=O)c1ccc(NCc2ccc(C)cc2SC)nc1OC. The Hall–Kier alpha value is -2.21. The summed E-state index contributed by atoms with van der Waals surface area (Å²) in [7, 11) is 2.81. The Bertz CT molecular complexity index is 704. The number of ether oxygens (including phenoxy) is 2. The van der Waals surface area contributed by atoms with Crippen LogP contribution in [0.2, 0.25) is 0 Å². The molecule has 1 aromatic carbocycles. The van der Waals surface area contributed by atoms with Crippen molar-refractivity contribution in [2.24, 2.45) is 0 Å². The van der Waals surface area contributed by atoms with Gasteiger partial charge >= 0.3 is 5.97 Å². The Balaban J connectivity index is 2.16. The first kappa shape index (κ1) is 17.1. The Labute approximate surface area is 140 Å². The second-order valence-electron chi connectivity index (χ2n) is 4.91. The van der Waals surface area contributed by atoms with Gasteiger partial charge in [0.05, 0.1) is 14.2 Å². The average molecular weight is 332 g/mol. The lowest BCUT2D eigenvalue weighted by atomic mass is 10.1. The van der Waals surface area contributed by atoms with Gasteiger partial charge in [-0.2, -0.15) is 4.98 Å². The van der Waals surface area contributed by atoms with Crippen molar-refractivity contribution in [2.75, 3.05) is 25.8 Å². The van der Waals surface area contributed by atoms with E-state index in [-0.39, 0.29) is 5.88 Å². The summed E-state index contributed by atoms with van der Waals surface area (Å²) in [4.78, 5) is 17.2. The smallest absolute Gasteiger partial charge is 0.343 e. The van der Waals surface area contributed by atoms with Crippen molar-refractivity contribution in [3.8, 4) is 5.88 Å². The molecule has 2 aromatic rings. The molecule has 0 aliphatic carbocycles. The van der Waals surface area contributed by atoms with Crippen molar-refractivity contribution in [3.63, 3.8) is 0 Å². The van der Waals surface area contributed by atoms with Gasteiger partial charge in [-0.25, -0.2) is 4.79 Å². The standard InChI is InChI=1S/C17H20N2O3S/c1-11-5-6-12(14(9-11)23-4)10-18-15-8-7-13(17(20)22-3)16(19-15)21-2/h5-9H,10H2,1-4H3,(H,18,19). The predicted molar refractivity (Wildman–Crippen MR) is 92.4 cm³/mol. The van der Waals surface area contributed by atoms with E-state index in [0.29, 0.717) is 17.9 Å². The number of nitrogens with zero attached hydrogens (tertiary/aromatic N) is 1. The number of carbonyl (C=O) groups is 1. The Morgan fingerprint density at radius 2 is 2.04 bits per heavy atom. The van der Waals surface area contributed by atoms with Crippen molar-refractivity contribution in [3.05, 3.63) is 47.0 Å². The van der Waals surface area contributed by atoms with Crippen LogP contribution < -0.4 is 10.1 Å².